The van der Waals surface area contributed by atoms with Crippen LogP contribution in [0.2, 0.25) is 0 Å². The highest BCUT2D eigenvalue weighted by atomic mass is 16.6. The van der Waals surface area contributed by atoms with E-state index in [2.05, 4.69) is 20.4 Å². The molecule has 8 rings (SSSR count). The smallest absolute Gasteiger partial charge is 0.410 e. The number of hydrogen-bond donors (Lipinski definition) is 4. The molecule has 2 amide bonds. The van der Waals surface area contributed by atoms with Crippen molar-refractivity contribution in [2.24, 2.45) is 46.3 Å². The summed E-state index contributed by atoms with van der Waals surface area (Å²) in [6.45, 7) is 27.7. The molecule has 0 unspecified atom stereocenters. The molecule has 0 aromatic carbocycles. The summed E-state index contributed by atoms with van der Waals surface area (Å²) in [4.78, 5) is 54.9. The predicted molar refractivity (Wildman–Crippen MR) is 231 cm³/mol. The van der Waals surface area contributed by atoms with Gasteiger partial charge < -0.3 is 49.9 Å². The molecule has 6 aliphatic heterocycles. The van der Waals surface area contributed by atoms with Crippen LogP contribution >= 0.6 is 0 Å². The molecule has 0 bridgehead atoms. The van der Waals surface area contributed by atoms with E-state index in [0.29, 0.717) is 29.8 Å². The van der Waals surface area contributed by atoms with Gasteiger partial charge in [0.1, 0.15) is 11.2 Å². The lowest BCUT2D eigenvalue weighted by Crippen LogP contribution is -2.59. The first-order valence-corrected chi connectivity index (χ1v) is 23.4. The summed E-state index contributed by atoms with van der Waals surface area (Å²) in [5, 5.41) is 25.3. The number of amides is 2. The van der Waals surface area contributed by atoms with Crippen molar-refractivity contribution in [3.63, 3.8) is 0 Å². The number of carbonyl (C=O) groups is 4. The van der Waals surface area contributed by atoms with Gasteiger partial charge in [-0.05, 0) is 194 Å². The van der Waals surface area contributed by atoms with Crippen molar-refractivity contribution in [3.8, 4) is 0 Å². The number of likely N-dealkylation sites (tertiary alicyclic amines) is 4. The Morgan fingerprint density at radius 3 is 1.27 bits per heavy atom. The Morgan fingerprint density at radius 2 is 0.917 bits per heavy atom. The van der Waals surface area contributed by atoms with Crippen molar-refractivity contribution in [1.82, 2.24) is 30.2 Å². The molecule has 6 heterocycles. The number of carboxylic acid groups (broad SMARTS) is 2. The third-order valence-electron chi connectivity index (χ3n) is 15.1. The number of aliphatic carboxylic acids is 2. The van der Waals surface area contributed by atoms with Crippen molar-refractivity contribution >= 4 is 24.1 Å². The first-order chi connectivity index (χ1) is 28.1. The van der Waals surface area contributed by atoms with E-state index < -0.39 is 28.4 Å². The largest absolute Gasteiger partial charge is 0.481 e. The SMILES string of the molecule is CC(C)(C)OC(=O)N1CC([C@H]2CCCN(C3CC(C)(C(=O)O)C3)C2)C1.CC(C)(C)OC(=O)N1CC([C@H]2CCCNC2)C1.CC1(C(=O)O)CC(N2CCC[C@H](C3CNC3)C2)C1. The topological polar surface area (TPSA) is 164 Å². The fourth-order valence-corrected chi connectivity index (χ4v) is 10.8. The second-order valence-electron chi connectivity index (χ2n) is 22.5. The number of nitrogens with one attached hydrogen (secondary N) is 2. The molecule has 60 heavy (non-hydrogen) atoms. The van der Waals surface area contributed by atoms with Crippen LogP contribution < -0.4 is 10.6 Å². The van der Waals surface area contributed by atoms with Crippen LogP contribution in [0.5, 0.6) is 0 Å². The van der Waals surface area contributed by atoms with Gasteiger partial charge in [-0.15, -0.1) is 0 Å². The maximum Gasteiger partial charge on any atom is 0.410 e. The van der Waals surface area contributed by atoms with Gasteiger partial charge in [-0.3, -0.25) is 9.59 Å². The third-order valence-corrected chi connectivity index (χ3v) is 15.1. The number of carboxylic acids is 2. The summed E-state index contributed by atoms with van der Waals surface area (Å²) in [5.74, 6) is 3.04. The van der Waals surface area contributed by atoms with Crippen molar-refractivity contribution < 1.29 is 38.9 Å². The Morgan fingerprint density at radius 1 is 0.533 bits per heavy atom. The molecular formula is C46H80N6O8. The number of piperidine rings is 3. The van der Waals surface area contributed by atoms with Gasteiger partial charge >= 0.3 is 24.1 Å². The van der Waals surface area contributed by atoms with Gasteiger partial charge in [-0.25, -0.2) is 9.59 Å². The zero-order chi connectivity index (χ0) is 43.6. The van der Waals surface area contributed by atoms with E-state index in [1.54, 1.807) is 4.90 Å². The molecule has 2 saturated carbocycles. The molecule has 4 N–H and O–H groups in total. The lowest BCUT2D eigenvalue weighted by atomic mass is 9.65. The lowest BCUT2D eigenvalue weighted by Gasteiger charge is -2.52. The van der Waals surface area contributed by atoms with Crippen LogP contribution in [0, 0.1) is 46.3 Å². The van der Waals surface area contributed by atoms with E-state index >= 15 is 0 Å². The Hall–Kier alpha value is -2.68. The Bertz CT molecular complexity index is 1480. The summed E-state index contributed by atoms with van der Waals surface area (Å²) in [7, 11) is 0. The molecule has 0 aromatic heterocycles. The number of rotatable bonds is 7. The maximum atomic E-state index is 12.1. The van der Waals surface area contributed by atoms with Gasteiger partial charge in [0.25, 0.3) is 0 Å². The van der Waals surface area contributed by atoms with Crippen molar-refractivity contribution in [2.45, 2.75) is 143 Å². The first kappa shape index (κ1) is 46.8. The highest BCUT2D eigenvalue weighted by Gasteiger charge is 2.51. The van der Waals surface area contributed by atoms with Crippen LogP contribution in [0.1, 0.15) is 120 Å². The fraction of sp³-hybridized carbons (Fsp3) is 0.913. The number of ether oxygens (including phenoxy) is 2. The van der Waals surface area contributed by atoms with Gasteiger partial charge in [0.05, 0.1) is 10.8 Å². The highest BCUT2D eigenvalue weighted by Crippen LogP contribution is 2.46. The molecule has 14 nitrogen and oxygen atoms in total. The lowest BCUT2D eigenvalue weighted by molar-refractivity contribution is -0.159. The summed E-state index contributed by atoms with van der Waals surface area (Å²) in [6.07, 6.45) is 10.5. The molecule has 6 saturated heterocycles. The van der Waals surface area contributed by atoms with E-state index in [9.17, 15) is 24.3 Å². The van der Waals surface area contributed by atoms with Gasteiger partial charge in [-0.2, -0.15) is 0 Å². The average Bonchev–Trinajstić information content (AvgIpc) is 3.06. The molecular weight excluding hydrogens is 765 g/mol. The Kier molecular flexibility index (Phi) is 14.8. The van der Waals surface area contributed by atoms with Crippen LogP contribution in [-0.4, -0.2) is 156 Å². The number of carbonyl (C=O) groups excluding carboxylic acids is 2. The maximum absolute atomic E-state index is 12.1. The van der Waals surface area contributed by atoms with E-state index in [-0.39, 0.29) is 17.8 Å². The molecule has 14 heteroatoms. The van der Waals surface area contributed by atoms with E-state index in [4.69, 9.17) is 14.6 Å². The molecule has 0 radical (unpaired) electrons. The zero-order valence-electron chi connectivity index (χ0n) is 38.3. The van der Waals surface area contributed by atoms with Gasteiger partial charge in [-0.1, -0.05) is 0 Å². The summed E-state index contributed by atoms with van der Waals surface area (Å²) >= 11 is 0. The van der Waals surface area contributed by atoms with Crippen molar-refractivity contribution in [2.75, 3.05) is 78.5 Å². The minimum Gasteiger partial charge on any atom is -0.481 e. The van der Waals surface area contributed by atoms with Gasteiger partial charge in [0, 0.05) is 51.4 Å². The molecule has 3 atom stereocenters. The van der Waals surface area contributed by atoms with Crippen LogP contribution in [-0.2, 0) is 19.1 Å². The fourth-order valence-electron chi connectivity index (χ4n) is 10.8. The van der Waals surface area contributed by atoms with Gasteiger partial charge in [0.2, 0.25) is 0 Å². The molecule has 8 fully saturated rings. The minimum absolute atomic E-state index is 0.155. The Labute approximate surface area is 360 Å². The summed E-state index contributed by atoms with van der Waals surface area (Å²) in [5.41, 5.74) is -1.80. The average molecular weight is 845 g/mol. The van der Waals surface area contributed by atoms with Crippen LogP contribution in [0.15, 0.2) is 0 Å². The van der Waals surface area contributed by atoms with Crippen molar-refractivity contribution in [1.29, 1.82) is 0 Å². The van der Waals surface area contributed by atoms with Gasteiger partial charge in [0.15, 0.2) is 0 Å². The molecule has 0 spiro atoms. The summed E-state index contributed by atoms with van der Waals surface area (Å²) < 4.78 is 10.8. The monoisotopic (exact) mass is 845 g/mol. The minimum atomic E-state index is -0.663. The third kappa shape index (κ3) is 11.9. The second kappa shape index (κ2) is 19.0. The Balaban J connectivity index is 0.000000155. The molecule has 8 aliphatic rings. The summed E-state index contributed by atoms with van der Waals surface area (Å²) in [6, 6.07) is 0.952. The standard InChI is InChI=1S/C19H32N2O4.C14H24N2O2.C13H24N2O2/c1-18(2,3)25-17(24)21-11-14(12-21)13-6-5-7-20(10-13)15-8-19(4,9-15)16(22)23;1-14(13(17)18)5-12(6-14)16-4-2-3-10(9-16)11-7-15-8-11;1-13(2,3)17-12(16)15-8-11(9-15)10-5-4-6-14-7-10/h13-15H,5-12H2,1-4H3,(H,22,23);10-12,15H,2-9H2,1H3,(H,17,18);10-11,14H,4-9H2,1-3H3/t13-,15?,19?;10-,12?,14?;10-/m000/s1. The van der Waals surface area contributed by atoms with E-state index in [1.807, 2.05) is 60.3 Å². The predicted octanol–water partition coefficient (Wildman–Crippen LogP) is 5.84. The van der Waals surface area contributed by atoms with E-state index in [1.165, 1.54) is 64.7 Å². The second-order valence-corrected chi connectivity index (χ2v) is 22.5. The quantitative estimate of drug-likeness (QED) is 0.243. The van der Waals surface area contributed by atoms with Crippen molar-refractivity contribution in [3.05, 3.63) is 0 Å². The molecule has 2 aliphatic carbocycles. The molecule has 342 valence electrons. The van der Waals surface area contributed by atoms with E-state index in [0.717, 1.165) is 95.8 Å². The normalized spacial score (nSPS) is 34.4. The first-order valence-electron chi connectivity index (χ1n) is 23.4. The molecule has 0 aromatic rings. The van der Waals surface area contributed by atoms with Crippen LogP contribution in [0.4, 0.5) is 9.59 Å². The van der Waals surface area contributed by atoms with Crippen LogP contribution in [0.25, 0.3) is 0 Å². The van der Waals surface area contributed by atoms with Crippen LogP contribution in [0.3, 0.4) is 0 Å². The number of hydrogen-bond acceptors (Lipinski definition) is 10. The highest BCUT2D eigenvalue weighted by molar-refractivity contribution is 5.76. The zero-order valence-corrected chi connectivity index (χ0v) is 38.3. The number of nitrogens with zero attached hydrogens (tertiary/aromatic N) is 4.